The van der Waals surface area contributed by atoms with Gasteiger partial charge >= 0.3 is 0 Å². The second kappa shape index (κ2) is 1.70. The minimum atomic E-state index is 0.282. The zero-order valence-corrected chi connectivity index (χ0v) is 7.61. The van der Waals surface area contributed by atoms with Gasteiger partial charge in [-0.1, -0.05) is 20.8 Å². The van der Waals surface area contributed by atoms with Gasteiger partial charge in [-0.05, 0) is 23.7 Å². The predicted octanol–water partition coefficient (Wildman–Crippen LogP) is 2.40. The van der Waals surface area contributed by atoms with E-state index in [2.05, 4.69) is 20.8 Å². The number of carbonyl (C=O) groups is 1. The molecule has 0 aromatic carbocycles. The molecule has 11 heavy (non-hydrogen) atoms. The van der Waals surface area contributed by atoms with Crippen molar-refractivity contribution in [1.82, 2.24) is 0 Å². The van der Waals surface area contributed by atoms with E-state index in [9.17, 15) is 4.79 Å². The van der Waals surface area contributed by atoms with E-state index in [1.165, 1.54) is 6.42 Å². The number of hydrogen-bond donors (Lipinski definition) is 0. The average Bonchev–Trinajstić information content (AvgIpc) is 2.13. The predicted molar refractivity (Wildman–Crippen MR) is 44.2 cm³/mol. The molecule has 2 aliphatic carbocycles. The maximum absolute atomic E-state index is 11.5. The van der Waals surface area contributed by atoms with Crippen molar-refractivity contribution in [2.45, 2.75) is 40.0 Å². The molecule has 62 valence electrons. The molecule has 0 saturated heterocycles. The van der Waals surface area contributed by atoms with Gasteiger partial charge in [0, 0.05) is 12.3 Å². The van der Waals surface area contributed by atoms with Gasteiger partial charge in [0.1, 0.15) is 5.78 Å². The van der Waals surface area contributed by atoms with Gasteiger partial charge in [-0.2, -0.15) is 0 Å². The highest BCUT2D eigenvalue weighted by Gasteiger charge is 2.60. The van der Waals surface area contributed by atoms with E-state index >= 15 is 0 Å². The van der Waals surface area contributed by atoms with Crippen molar-refractivity contribution in [3.05, 3.63) is 0 Å². The smallest absolute Gasteiger partial charge is 0.137 e. The summed E-state index contributed by atoms with van der Waals surface area (Å²) in [5.41, 5.74) is 0.610. The summed E-state index contributed by atoms with van der Waals surface area (Å²) in [4.78, 5) is 11.5. The van der Waals surface area contributed by atoms with Crippen LogP contribution in [0.15, 0.2) is 0 Å². The number of ketones is 1. The maximum atomic E-state index is 11.5. The normalized spacial score (nSPS) is 46.8. The molecule has 1 nitrogen and oxygen atoms in total. The number of fused-ring (bicyclic) bond motifs is 2. The van der Waals surface area contributed by atoms with Crippen molar-refractivity contribution in [1.29, 1.82) is 0 Å². The summed E-state index contributed by atoms with van der Waals surface area (Å²) >= 11 is 0. The van der Waals surface area contributed by atoms with E-state index in [1.54, 1.807) is 0 Å². The van der Waals surface area contributed by atoms with E-state index in [0.29, 0.717) is 17.1 Å². The second-order valence-corrected chi connectivity index (χ2v) is 5.02. The van der Waals surface area contributed by atoms with Gasteiger partial charge in [0.25, 0.3) is 0 Å². The van der Waals surface area contributed by atoms with E-state index in [4.69, 9.17) is 0 Å². The van der Waals surface area contributed by atoms with Crippen molar-refractivity contribution in [2.75, 3.05) is 0 Å². The van der Waals surface area contributed by atoms with Gasteiger partial charge < -0.3 is 0 Å². The molecule has 0 aromatic heterocycles. The van der Waals surface area contributed by atoms with E-state index < -0.39 is 0 Å². The molecule has 0 heterocycles. The standard InChI is InChI=1S/C10H16O/c1-9(2)7-4-5-10(9,3)6-8(7)11/h7H,4-6H2,1-3H3/t7-,10+/m1/s1. The first-order valence-corrected chi connectivity index (χ1v) is 4.50. The van der Waals surface area contributed by atoms with Crippen molar-refractivity contribution >= 4 is 5.78 Å². The lowest BCUT2D eigenvalue weighted by atomic mass is 9.71. The van der Waals surface area contributed by atoms with Crippen LogP contribution in [0.2, 0.25) is 0 Å². The fraction of sp³-hybridized carbons (Fsp3) is 0.900. The summed E-state index contributed by atoms with van der Waals surface area (Å²) in [7, 11) is 0. The molecule has 0 N–H and O–H groups in total. The summed E-state index contributed by atoms with van der Waals surface area (Å²) in [6.45, 7) is 6.79. The van der Waals surface area contributed by atoms with Crippen molar-refractivity contribution < 1.29 is 4.79 Å². The molecular formula is C10H16O. The molecule has 0 amide bonds. The first kappa shape index (κ1) is 7.33. The SMILES string of the molecule is CC1(C)[C@@H]2CC[C@@]1(C)CC2=O. The molecule has 2 atom stereocenters. The third kappa shape index (κ3) is 0.646. The highest BCUT2D eigenvalue weighted by molar-refractivity contribution is 5.86. The Balaban J connectivity index is 2.45. The van der Waals surface area contributed by atoms with Crippen LogP contribution in [0.25, 0.3) is 0 Å². The molecule has 0 unspecified atom stereocenters. The Morgan fingerprint density at radius 2 is 2.00 bits per heavy atom. The lowest BCUT2D eigenvalue weighted by Gasteiger charge is -2.33. The first-order chi connectivity index (χ1) is 4.97. The number of carbonyl (C=O) groups excluding carboxylic acids is 1. The molecule has 0 spiro atoms. The fourth-order valence-corrected chi connectivity index (χ4v) is 2.95. The van der Waals surface area contributed by atoms with Crippen molar-refractivity contribution in [3.8, 4) is 0 Å². The quantitative estimate of drug-likeness (QED) is 0.521. The lowest BCUT2D eigenvalue weighted by molar-refractivity contribution is -0.122. The Labute approximate surface area is 68.2 Å². The zero-order valence-electron chi connectivity index (χ0n) is 7.61. The Kier molecular flexibility index (Phi) is 1.13. The van der Waals surface area contributed by atoms with Crippen LogP contribution >= 0.6 is 0 Å². The molecule has 1 heteroatoms. The van der Waals surface area contributed by atoms with Crippen LogP contribution in [0.3, 0.4) is 0 Å². The van der Waals surface area contributed by atoms with Gasteiger partial charge in [0.05, 0.1) is 0 Å². The molecule has 0 radical (unpaired) electrons. The van der Waals surface area contributed by atoms with Crippen LogP contribution in [0.4, 0.5) is 0 Å². The summed E-state index contributed by atoms with van der Waals surface area (Å²) in [6.07, 6.45) is 3.24. The highest BCUT2D eigenvalue weighted by Crippen LogP contribution is 2.63. The van der Waals surface area contributed by atoms with Gasteiger partial charge in [0.15, 0.2) is 0 Å². The van der Waals surface area contributed by atoms with Gasteiger partial charge in [0.2, 0.25) is 0 Å². The van der Waals surface area contributed by atoms with Gasteiger partial charge in [-0.3, -0.25) is 4.79 Å². The highest BCUT2D eigenvalue weighted by atomic mass is 16.1. The first-order valence-electron chi connectivity index (χ1n) is 4.50. The Morgan fingerprint density at radius 1 is 1.36 bits per heavy atom. The fourth-order valence-electron chi connectivity index (χ4n) is 2.95. The van der Waals surface area contributed by atoms with Crippen molar-refractivity contribution in [2.24, 2.45) is 16.7 Å². The molecule has 2 bridgehead atoms. The second-order valence-electron chi connectivity index (χ2n) is 5.02. The monoisotopic (exact) mass is 152 g/mol. The van der Waals surface area contributed by atoms with Crippen LogP contribution < -0.4 is 0 Å². The van der Waals surface area contributed by atoms with E-state index in [0.717, 1.165) is 12.8 Å². The Morgan fingerprint density at radius 3 is 2.18 bits per heavy atom. The van der Waals surface area contributed by atoms with Crippen LogP contribution in [-0.2, 0) is 4.79 Å². The summed E-state index contributed by atoms with van der Waals surface area (Å²) in [6, 6.07) is 0. The summed E-state index contributed by atoms with van der Waals surface area (Å²) in [5.74, 6) is 0.899. The molecule has 0 aliphatic heterocycles. The summed E-state index contributed by atoms with van der Waals surface area (Å²) < 4.78 is 0. The van der Waals surface area contributed by atoms with Crippen LogP contribution in [0.5, 0.6) is 0 Å². The molecule has 0 aromatic rings. The largest absolute Gasteiger partial charge is 0.299 e. The van der Waals surface area contributed by atoms with E-state index in [-0.39, 0.29) is 5.41 Å². The van der Waals surface area contributed by atoms with Gasteiger partial charge in [-0.15, -0.1) is 0 Å². The molecule has 2 aliphatic rings. The topological polar surface area (TPSA) is 17.1 Å². The Hall–Kier alpha value is -0.330. The van der Waals surface area contributed by atoms with Crippen LogP contribution in [0, 0.1) is 16.7 Å². The lowest BCUT2D eigenvalue weighted by Crippen LogP contribution is -2.26. The van der Waals surface area contributed by atoms with Crippen LogP contribution in [-0.4, -0.2) is 5.78 Å². The number of rotatable bonds is 0. The summed E-state index contributed by atoms with van der Waals surface area (Å²) in [5, 5.41) is 0. The molecule has 2 rings (SSSR count). The third-order valence-corrected chi connectivity index (χ3v) is 4.36. The Bertz CT molecular complexity index is 214. The number of hydrogen-bond acceptors (Lipinski definition) is 1. The van der Waals surface area contributed by atoms with E-state index in [1.807, 2.05) is 0 Å². The number of Topliss-reactive ketones (excluding diaryl/α,β-unsaturated/α-hetero) is 1. The maximum Gasteiger partial charge on any atom is 0.137 e. The average molecular weight is 152 g/mol. The minimum absolute atomic E-state index is 0.282. The van der Waals surface area contributed by atoms with Gasteiger partial charge in [-0.25, -0.2) is 0 Å². The molecule has 2 saturated carbocycles. The minimum Gasteiger partial charge on any atom is -0.299 e. The van der Waals surface area contributed by atoms with Crippen molar-refractivity contribution in [3.63, 3.8) is 0 Å². The van der Waals surface area contributed by atoms with Crippen LogP contribution in [0.1, 0.15) is 40.0 Å². The molecule has 2 fully saturated rings. The zero-order chi connectivity index (χ0) is 8.28. The molecular weight excluding hydrogens is 136 g/mol. The third-order valence-electron chi connectivity index (χ3n) is 4.36.